The molecule has 2 aromatic rings. The van der Waals surface area contributed by atoms with Crippen LogP contribution in [0, 0.1) is 0 Å². The van der Waals surface area contributed by atoms with Crippen molar-refractivity contribution in [2.24, 2.45) is 7.05 Å². The van der Waals surface area contributed by atoms with Crippen molar-refractivity contribution in [1.29, 1.82) is 0 Å². The van der Waals surface area contributed by atoms with E-state index in [0.29, 0.717) is 6.42 Å². The molecular weight excluding hydrogens is 216 g/mol. The van der Waals surface area contributed by atoms with Gasteiger partial charge < -0.3 is 5.32 Å². The highest BCUT2D eigenvalue weighted by Crippen LogP contribution is 2.16. The zero-order chi connectivity index (χ0) is 11.7. The Labute approximate surface area is 99.1 Å². The Morgan fingerprint density at radius 1 is 1.29 bits per heavy atom. The molecule has 6 heteroatoms. The third-order valence-electron chi connectivity index (χ3n) is 3.09. The highest BCUT2D eigenvalue weighted by molar-refractivity contribution is 5.28. The molecule has 6 nitrogen and oxygen atoms in total. The number of nitrogens with one attached hydrogen (secondary N) is 1. The smallest absolute Gasteiger partial charge is 0.138 e. The second kappa shape index (κ2) is 4.21. The summed E-state index contributed by atoms with van der Waals surface area (Å²) in [6.07, 6.45) is 4.91. The monoisotopic (exact) mass is 230 g/mol. The second-order valence-electron chi connectivity index (χ2n) is 4.15. The SMILES string of the molecule is Cn1ncnc1Cc1ncnc2c1CNCC2. The molecule has 1 aliphatic heterocycles. The van der Waals surface area contributed by atoms with Crippen LogP contribution in [-0.4, -0.2) is 31.3 Å². The molecule has 3 rings (SSSR count). The average molecular weight is 230 g/mol. The van der Waals surface area contributed by atoms with Crippen molar-refractivity contribution in [3.63, 3.8) is 0 Å². The van der Waals surface area contributed by atoms with Crippen LogP contribution in [0.25, 0.3) is 0 Å². The Morgan fingerprint density at radius 2 is 2.24 bits per heavy atom. The topological polar surface area (TPSA) is 68.5 Å². The van der Waals surface area contributed by atoms with Gasteiger partial charge in [0.25, 0.3) is 0 Å². The Bertz CT molecular complexity index is 533. The van der Waals surface area contributed by atoms with Gasteiger partial charge in [-0.3, -0.25) is 4.68 Å². The quantitative estimate of drug-likeness (QED) is 0.776. The summed E-state index contributed by atoms with van der Waals surface area (Å²) >= 11 is 0. The lowest BCUT2D eigenvalue weighted by molar-refractivity contribution is 0.614. The van der Waals surface area contributed by atoms with Gasteiger partial charge in [-0.05, 0) is 0 Å². The molecule has 0 atom stereocenters. The van der Waals surface area contributed by atoms with Crippen LogP contribution in [0.15, 0.2) is 12.7 Å². The summed E-state index contributed by atoms with van der Waals surface area (Å²) in [5.74, 6) is 0.927. The fourth-order valence-corrected chi connectivity index (χ4v) is 2.11. The molecule has 0 unspecified atom stereocenters. The largest absolute Gasteiger partial charge is 0.312 e. The molecule has 1 N–H and O–H groups in total. The van der Waals surface area contributed by atoms with Crippen molar-refractivity contribution >= 4 is 0 Å². The van der Waals surface area contributed by atoms with Gasteiger partial charge in [0.2, 0.25) is 0 Å². The molecule has 0 fully saturated rings. The van der Waals surface area contributed by atoms with E-state index in [1.165, 1.54) is 5.56 Å². The molecule has 1 aliphatic rings. The first kappa shape index (κ1) is 10.3. The van der Waals surface area contributed by atoms with Gasteiger partial charge in [-0.2, -0.15) is 5.10 Å². The molecule has 17 heavy (non-hydrogen) atoms. The maximum Gasteiger partial charge on any atom is 0.138 e. The van der Waals surface area contributed by atoms with Gasteiger partial charge in [0.1, 0.15) is 18.5 Å². The van der Waals surface area contributed by atoms with Crippen LogP contribution in [0.2, 0.25) is 0 Å². The number of fused-ring (bicyclic) bond motifs is 1. The summed E-state index contributed by atoms with van der Waals surface area (Å²) in [7, 11) is 1.90. The molecule has 2 aromatic heterocycles. The molecule has 0 aromatic carbocycles. The van der Waals surface area contributed by atoms with Gasteiger partial charge in [-0.1, -0.05) is 0 Å². The van der Waals surface area contributed by atoms with Gasteiger partial charge in [0.15, 0.2) is 0 Å². The molecular formula is C11H14N6. The van der Waals surface area contributed by atoms with Crippen molar-refractivity contribution in [2.75, 3.05) is 6.54 Å². The summed E-state index contributed by atoms with van der Waals surface area (Å²) in [4.78, 5) is 12.9. The number of aryl methyl sites for hydroxylation is 1. The third-order valence-corrected chi connectivity index (χ3v) is 3.09. The van der Waals surface area contributed by atoms with Gasteiger partial charge in [-0.15, -0.1) is 0 Å². The Morgan fingerprint density at radius 3 is 3.06 bits per heavy atom. The van der Waals surface area contributed by atoms with E-state index in [0.717, 1.165) is 36.7 Å². The third kappa shape index (κ3) is 1.91. The first-order valence-corrected chi connectivity index (χ1v) is 5.70. The fraction of sp³-hybridized carbons (Fsp3) is 0.455. The van der Waals surface area contributed by atoms with Crippen molar-refractivity contribution < 1.29 is 0 Å². The highest BCUT2D eigenvalue weighted by Gasteiger charge is 2.16. The second-order valence-corrected chi connectivity index (χ2v) is 4.15. The Balaban J connectivity index is 1.95. The van der Waals surface area contributed by atoms with Crippen molar-refractivity contribution in [3.05, 3.63) is 35.4 Å². The lowest BCUT2D eigenvalue weighted by Crippen LogP contribution is -2.26. The lowest BCUT2D eigenvalue weighted by atomic mass is 10.0. The van der Waals surface area contributed by atoms with Crippen molar-refractivity contribution in [2.45, 2.75) is 19.4 Å². The van der Waals surface area contributed by atoms with Crippen LogP contribution in [-0.2, 0) is 26.4 Å². The first-order chi connectivity index (χ1) is 8.34. The molecule has 0 spiro atoms. The molecule has 0 amide bonds. The number of aromatic nitrogens is 5. The minimum atomic E-state index is 0.711. The number of nitrogens with zero attached hydrogens (tertiary/aromatic N) is 5. The van der Waals surface area contributed by atoms with Gasteiger partial charge in [0, 0.05) is 37.8 Å². The molecule has 0 aliphatic carbocycles. The summed E-state index contributed by atoms with van der Waals surface area (Å²) in [6, 6.07) is 0. The average Bonchev–Trinajstić information content (AvgIpc) is 2.76. The van der Waals surface area contributed by atoms with Gasteiger partial charge in [-0.25, -0.2) is 15.0 Å². The zero-order valence-electron chi connectivity index (χ0n) is 9.72. The minimum absolute atomic E-state index is 0.711. The van der Waals surface area contributed by atoms with E-state index in [2.05, 4.69) is 25.4 Å². The van der Waals surface area contributed by atoms with E-state index in [4.69, 9.17) is 0 Å². The van der Waals surface area contributed by atoms with Crippen LogP contribution in [0.3, 0.4) is 0 Å². The molecule has 0 bridgehead atoms. The van der Waals surface area contributed by atoms with Crippen LogP contribution in [0.5, 0.6) is 0 Å². The molecule has 3 heterocycles. The summed E-state index contributed by atoms with van der Waals surface area (Å²) in [6.45, 7) is 1.84. The van der Waals surface area contributed by atoms with Crippen LogP contribution >= 0.6 is 0 Å². The Hall–Kier alpha value is -1.82. The number of rotatable bonds is 2. The lowest BCUT2D eigenvalue weighted by Gasteiger charge is -2.18. The van der Waals surface area contributed by atoms with Crippen LogP contribution in [0.1, 0.15) is 22.8 Å². The molecule has 0 saturated carbocycles. The fourth-order valence-electron chi connectivity index (χ4n) is 2.11. The van der Waals surface area contributed by atoms with Gasteiger partial charge >= 0.3 is 0 Å². The summed E-state index contributed by atoms with van der Waals surface area (Å²) in [5.41, 5.74) is 3.44. The molecule has 0 saturated heterocycles. The normalized spacial score (nSPS) is 14.6. The zero-order valence-corrected chi connectivity index (χ0v) is 9.72. The predicted molar refractivity (Wildman–Crippen MR) is 61.3 cm³/mol. The molecule has 0 radical (unpaired) electrons. The highest BCUT2D eigenvalue weighted by atomic mass is 15.3. The van der Waals surface area contributed by atoms with E-state index in [-0.39, 0.29) is 0 Å². The summed E-state index contributed by atoms with van der Waals surface area (Å²) < 4.78 is 1.78. The van der Waals surface area contributed by atoms with Crippen molar-refractivity contribution in [1.82, 2.24) is 30.0 Å². The van der Waals surface area contributed by atoms with Crippen molar-refractivity contribution in [3.8, 4) is 0 Å². The van der Waals surface area contributed by atoms with Crippen LogP contribution < -0.4 is 5.32 Å². The maximum absolute atomic E-state index is 4.38. The standard InChI is InChI=1S/C11H14N6/c1-17-11(15-7-16-17)4-10-8-5-12-3-2-9(8)13-6-14-10/h6-7,12H,2-5H2,1H3. The van der Waals surface area contributed by atoms with Crippen LogP contribution in [0.4, 0.5) is 0 Å². The van der Waals surface area contributed by atoms with E-state index in [9.17, 15) is 0 Å². The molecule has 88 valence electrons. The summed E-state index contributed by atoms with van der Waals surface area (Å²) in [5, 5.41) is 7.42. The van der Waals surface area contributed by atoms with E-state index in [1.807, 2.05) is 7.05 Å². The Kier molecular flexibility index (Phi) is 2.56. The van der Waals surface area contributed by atoms with E-state index >= 15 is 0 Å². The van der Waals surface area contributed by atoms with Gasteiger partial charge in [0.05, 0.1) is 12.1 Å². The first-order valence-electron chi connectivity index (χ1n) is 5.70. The van der Waals surface area contributed by atoms with E-state index in [1.54, 1.807) is 17.3 Å². The van der Waals surface area contributed by atoms with E-state index < -0.39 is 0 Å². The maximum atomic E-state index is 4.38. The number of hydrogen-bond acceptors (Lipinski definition) is 5. The predicted octanol–water partition coefficient (Wildman–Crippen LogP) is -0.158. The number of hydrogen-bond donors (Lipinski definition) is 1. The minimum Gasteiger partial charge on any atom is -0.312 e.